The molecule has 166 valence electrons. The second-order valence-corrected chi connectivity index (χ2v) is 8.58. The first-order valence-corrected chi connectivity index (χ1v) is 11.0. The second-order valence-electron chi connectivity index (χ2n) is 8.58. The van der Waals surface area contributed by atoms with Crippen LogP contribution >= 0.6 is 0 Å². The van der Waals surface area contributed by atoms with Gasteiger partial charge in [-0.15, -0.1) is 0 Å². The minimum absolute atomic E-state index is 0.00804. The molecule has 31 heavy (non-hydrogen) atoms. The van der Waals surface area contributed by atoms with Crippen molar-refractivity contribution in [3.05, 3.63) is 29.5 Å². The lowest BCUT2D eigenvalue weighted by molar-refractivity contribution is -0.123. The summed E-state index contributed by atoms with van der Waals surface area (Å²) in [5.41, 5.74) is 7.44. The van der Waals surface area contributed by atoms with Crippen molar-refractivity contribution in [2.24, 2.45) is 0 Å². The summed E-state index contributed by atoms with van der Waals surface area (Å²) in [5.74, 6) is -0.424. The van der Waals surface area contributed by atoms with E-state index in [1.54, 1.807) is 6.92 Å². The maximum absolute atomic E-state index is 12.3. The number of amides is 1. The number of aromatic carboxylic acids is 1. The van der Waals surface area contributed by atoms with Crippen molar-refractivity contribution in [2.45, 2.75) is 57.6 Å². The van der Waals surface area contributed by atoms with Crippen molar-refractivity contribution >= 4 is 28.5 Å². The molecule has 8 nitrogen and oxygen atoms in total. The fourth-order valence-corrected chi connectivity index (χ4v) is 4.73. The summed E-state index contributed by atoms with van der Waals surface area (Å²) in [6, 6.07) is 5.64. The van der Waals surface area contributed by atoms with Crippen LogP contribution in [0.1, 0.15) is 54.6 Å². The van der Waals surface area contributed by atoms with E-state index in [0.717, 1.165) is 38.8 Å². The van der Waals surface area contributed by atoms with E-state index in [1.807, 2.05) is 18.2 Å². The molecule has 0 spiro atoms. The van der Waals surface area contributed by atoms with Gasteiger partial charge in [0, 0.05) is 6.04 Å². The Balaban J connectivity index is 1.40. The maximum atomic E-state index is 12.3. The van der Waals surface area contributed by atoms with Crippen molar-refractivity contribution in [3.63, 3.8) is 0 Å². The van der Waals surface area contributed by atoms with Gasteiger partial charge in [-0.05, 0) is 70.7 Å². The molecule has 0 unspecified atom stereocenters. The van der Waals surface area contributed by atoms with Crippen LogP contribution in [-0.2, 0) is 4.79 Å². The Morgan fingerprint density at radius 1 is 1.23 bits per heavy atom. The third-order valence-electron chi connectivity index (χ3n) is 6.31. The van der Waals surface area contributed by atoms with Gasteiger partial charge in [-0.25, -0.2) is 4.79 Å². The van der Waals surface area contributed by atoms with E-state index >= 15 is 0 Å². The summed E-state index contributed by atoms with van der Waals surface area (Å²) in [6.07, 6.45) is 5.69. The molecular formula is C23H30N4O4. The highest BCUT2D eigenvalue weighted by atomic mass is 16.5. The molecule has 2 aliphatic rings. The molecule has 1 amide bonds. The first-order valence-electron chi connectivity index (χ1n) is 11.0. The number of carbonyl (C=O) groups is 2. The van der Waals surface area contributed by atoms with Gasteiger partial charge in [0.05, 0.1) is 34.9 Å². The summed E-state index contributed by atoms with van der Waals surface area (Å²) in [7, 11) is 0. The zero-order valence-electron chi connectivity index (χ0n) is 17.9. The Morgan fingerprint density at radius 3 is 2.61 bits per heavy atom. The number of benzene rings is 1. The predicted octanol–water partition coefficient (Wildman–Crippen LogP) is 2.73. The number of hydrogen-bond donors (Lipinski definition) is 3. The normalized spacial score (nSPS) is 21.8. The number of nitrogens with one attached hydrogen (secondary N) is 1. The first kappa shape index (κ1) is 21.4. The van der Waals surface area contributed by atoms with Gasteiger partial charge in [0.1, 0.15) is 11.3 Å². The average molecular weight is 427 g/mol. The van der Waals surface area contributed by atoms with Gasteiger partial charge in [-0.2, -0.15) is 0 Å². The second kappa shape index (κ2) is 9.09. The summed E-state index contributed by atoms with van der Waals surface area (Å²) >= 11 is 0. The molecule has 0 bridgehead atoms. The Labute approximate surface area is 181 Å². The first-order chi connectivity index (χ1) is 14.9. The lowest BCUT2D eigenvalue weighted by Crippen LogP contribution is -2.43. The van der Waals surface area contributed by atoms with E-state index in [4.69, 9.17) is 10.5 Å². The number of nitrogen functional groups attached to an aromatic ring is 1. The molecule has 2 aromatic rings. The molecule has 1 saturated carbocycles. The SMILES string of the molecule is Cc1nc2cccc(O[C@H]3CC[C@H](NC(=O)CN4CCCC4)CC3)c2c(N)c1C(=O)O. The van der Waals surface area contributed by atoms with Crippen LogP contribution in [0.3, 0.4) is 0 Å². The maximum Gasteiger partial charge on any atom is 0.339 e. The fourth-order valence-electron chi connectivity index (χ4n) is 4.73. The summed E-state index contributed by atoms with van der Waals surface area (Å²) in [4.78, 5) is 30.5. The predicted molar refractivity (Wildman–Crippen MR) is 118 cm³/mol. The number of fused-ring (bicyclic) bond motifs is 1. The number of pyridine rings is 1. The molecule has 1 aromatic carbocycles. The Kier molecular flexibility index (Phi) is 6.27. The monoisotopic (exact) mass is 426 g/mol. The number of carbonyl (C=O) groups excluding carboxylic acids is 1. The molecule has 2 fully saturated rings. The van der Waals surface area contributed by atoms with Crippen LogP contribution < -0.4 is 15.8 Å². The van der Waals surface area contributed by atoms with E-state index in [0.29, 0.717) is 28.9 Å². The van der Waals surface area contributed by atoms with Crippen LogP contribution in [0.5, 0.6) is 5.75 Å². The molecule has 4 rings (SSSR count). The highest BCUT2D eigenvalue weighted by Crippen LogP contribution is 2.35. The quantitative estimate of drug-likeness (QED) is 0.650. The van der Waals surface area contributed by atoms with Crippen LogP contribution in [-0.4, -0.2) is 58.6 Å². The zero-order valence-corrected chi connectivity index (χ0v) is 17.9. The Bertz CT molecular complexity index is 979. The minimum atomic E-state index is -1.09. The standard InChI is InChI=1S/C23H30N4O4/c1-14-20(23(29)30)22(24)21-17(25-14)5-4-6-18(21)31-16-9-7-15(8-10-16)26-19(28)13-27-11-2-3-12-27/h4-6,15-16H,2-3,7-13H2,1H3,(H2,24,25)(H,26,28)(H,29,30)/t15-,16-. The van der Waals surface area contributed by atoms with Crippen LogP contribution in [0.2, 0.25) is 0 Å². The molecule has 1 saturated heterocycles. The number of rotatable bonds is 6. The number of nitrogens with two attached hydrogens (primary N) is 1. The van der Waals surface area contributed by atoms with Crippen LogP contribution in [0.4, 0.5) is 5.69 Å². The number of aromatic nitrogens is 1. The zero-order chi connectivity index (χ0) is 22.0. The van der Waals surface area contributed by atoms with Crippen molar-refractivity contribution in [1.82, 2.24) is 15.2 Å². The molecular weight excluding hydrogens is 396 g/mol. The van der Waals surface area contributed by atoms with E-state index in [2.05, 4.69) is 15.2 Å². The molecule has 0 atom stereocenters. The van der Waals surface area contributed by atoms with Crippen molar-refractivity contribution < 1.29 is 19.4 Å². The highest BCUT2D eigenvalue weighted by molar-refractivity contribution is 6.06. The van der Waals surface area contributed by atoms with Gasteiger partial charge in [0.2, 0.25) is 5.91 Å². The fraction of sp³-hybridized carbons (Fsp3) is 0.522. The molecule has 1 aliphatic carbocycles. The van der Waals surface area contributed by atoms with E-state index in [9.17, 15) is 14.7 Å². The molecule has 1 aliphatic heterocycles. The number of carboxylic acid groups (broad SMARTS) is 1. The van der Waals surface area contributed by atoms with E-state index < -0.39 is 5.97 Å². The van der Waals surface area contributed by atoms with Crippen molar-refractivity contribution in [2.75, 3.05) is 25.4 Å². The molecule has 2 heterocycles. The van der Waals surface area contributed by atoms with Gasteiger partial charge >= 0.3 is 5.97 Å². The highest BCUT2D eigenvalue weighted by Gasteiger charge is 2.26. The topological polar surface area (TPSA) is 118 Å². The number of nitrogens with zero attached hydrogens (tertiary/aromatic N) is 2. The summed E-state index contributed by atoms with van der Waals surface area (Å²) < 4.78 is 6.25. The summed E-state index contributed by atoms with van der Waals surface area (Å²) in [6.45, 7) is 4.16. The third-order valence-corrected chi connectivity index (χ3v) is 6.31. The molecule has 1 aromatic heterocycles. The summed E-state index contributed by atoms with van der Waals surface area (Å²) in [5, 5.41) is 13.2. The van der Waals surface area contributed by atoms with Crippen molar-refractivity contribution in [3.8, 4) is 5.75 Å². The number of anilines is 1. The Hall–Kier alpha value is -2.87. The van der Waals surface area contributed by atoms with Crippen LogP contribution in [0.15, 0.2) is 18.2 Å². The smallest absolute Gasteiger partial charge is 0.339 e. The molecule has 4 N–H and O–H groups in total. The number of ether oxygens (including phenoxy) is 1. The Morgan fingerprint density at radius 2 is 1.94 bits per heavy atom. The molecule has 0 radical (unpaired) electrons. The lowest BCUT2D eigenvalue weighted by atomic mass is 9.92. The number of hydrogen-bond acceptors (Lipinski definition) is 6. The van der Waals surface area contributed by atoms with E-state index in [-0.39, 0.29) is 29.3 Å². The van der Waals surface area contributed by atoms with Gasteiger partial charge < -0.3 is 20.9 Å². The van der Waals surface area contributed by atoms with Crippen molar-refractivity contribution in [1.29, 1.82) is 0 Å². The van der Waals surface area contributed by atoms with Crippen LogP contribution in [0, 0.1) is 6.92 Å². The van der Waals surface area contributed by atoms with Gasteiger partial charge in [-0.3, -0.25) is 14.7 Å². The van der Waals surface area contributed by atoms with Crippen LogP contribution in [0.25, 0.3) is 10.9 Å². The number of aryl methyl sites for hydroxylation is 1. The third kappa shape index (κ3) is 4.74. The van der Waals surface area contributed by atoms with Gasteiger partial charge in [0.25, 0.3) is 0 Å². The lowest BCUT2D eigenvalue weighted by Gasteiger charge is -2.30. The molecule has 8 heteroatoms. The van der Waals surface area contributed by atoms with Gasteiger partial charge in [-0.1, -0.05) is 6.07 Å². The largest absolute Gasteiger partial charge is 0.490 e. The average Bonchev–Trinajstić information content (AvgIpc) is 3.22. The number of carboxylic acids is 1. The van der Waals surface area contributed by atoms with E-state index in [1.165, 1.54) is 12.8 Å². The number of likely N-dealkylation sites (tertiary alicyclic amines) is 1. The van der Waals surface area contributed by atoms with Gasteiger partial charge in [0.15, 0.2) is 0 Å². The minimum Gasteiger partial charge on any atom is -0.490 e.